The number of nitrogens with zero attached hydrogens (tertiary/aromatic N) is 1. The number of carbonyl (C=O) groups is 1. The maximum Gasteiger partial charge on any atom is 0.248 e. The average Bonchev–Trinajstić information content (AvgIpc) is 2.76. The Labute approximate surface area is 91.0 Å². The SMILES string of the molecule is CCCOCC(=O)N1C[C@H]2CNC[C@H]2C1. The third-order valence-corrected chi connectivity index (χ3v) is 3.32. The summed E-state index contributed by atoms with van der Waals surface area (Å²) >= 11 is 0. The number of hydrogen-bond donors (Lipinski definition) is 1. The first kappa shape index (κ1) is 10.9. The molecule has 0 radical (unpaired) electrons. The fraction of sp³-hybridized carbons (Fsp3) is 0.909. The highest BCUT2D eigenvalue weighted by molar-refractivity contribution is 5.77. The summed E-state index contributed by atoms with van der Waals surface area (Å²) in [7, 11) is 0. The summed E-state index contributed by atoms with van der Waals surface area (Å²) in [5, 5.41) is 3.37. The molecule has 2 aliphatic rings. The van der Waals surface area contributed by atoms with Gasteiger partial charge in [-0.2, -0.15) is 0 Å². The average molecular weight is 212 g/mol. The molecule has 15 heavy (non-hydrogen) atoms. The molecule has 0 aromatic heterocycles. The highest BCUT2D eigenvalue weighted by Gasteiger charge is 2.37. The fourth-order valence-electron chi connectivity index (χ4n) is 2.45. The highest BCUT2D eigenvalue weighted by atomic mass is 16.5. The van der Waals surface area contributed by atoms with E-state index < -0.39 is 0 Å². The normalized spacial score (nSPS) is 29.5. The monoisotopic (exact) mass is 212 g/mol. The van der Waals surface area contributed by atoms with Crippen molar-refractivity contribution in [2.24, 2.45) is 11.8 Å². The first-order valence-corrected chi connectivity index (χ1v) is 5.87. The van der Waals surface area contributed by atoms with Crippen molar-refractivity contribution in [3.05, 3.63) is 0 Å². The van der Waals surface area contributed by atoms with Crippen molar-refractivity contribution in [3.8, 4) is 0 Å². The summed E-state index contributed by atoms with van der Waals surface area (Å²) in [6.07, 6.45) is 0.975. The third-order valence-electron chi connectivity index (χ3n) is 3.32. The molecule has 2 heterocycles. The van der Waals surface area contributed by atoms with Gasteiger partial charge in [-0.25, -0.2) is 0 Å². The Bertz CT molecular complexity index is 221. The van der Waals surface area contributed by atoms with Crippen molar-refractivity contribution in [1.29, 1.82) is 0 Å². The van der Waals surface area contributed by atoms with E-state index in [9.17, 15) is 4.79 Å². The van der Waals surface area contributed by atoms with Crippen LogP contribution in [0.5, 0.6) is 0 Å². The lowest BCUT2D eigenvalue weighted by Crippen LogP contribution is -2.34. The lowest BCUT2D eigenvalue weighted by molar-refractivity contribution is -0.135. The zero-order valence-electron chi connectivity index (χ0n) is 9.37. The van der Waals surface area contributed by atoms with Crippen molar-refractivity contribution >= 4 is 5.91 Å². The maximum atomic E-state index is 11.7. The Morgan fingerprint density at radius 1 is 1.40 bits per heavy atom. The van der Waals surface area contributed by atoms with Crippen molar-refractivity contribution in [2.45, 2.75) is 13.3 Å². The van der Waals surface area contributed by atoms with Crippen LogP contribution in [0.3, 0.4) is 0 Å². The van der Waals surface area contributed by atoms with Crippen LogP contribution in [-0.4, -0.2) is 50.2 Å². The minimum absolute atomic E-state index is 0.165. The third kappa shape index (κ3) is 2.49. The van der Waals surface area contributed by atoms with Gasteiger partial charge in [0.15, 0.2) is 0 Å². The van der Waals surface area contributed by atoms with Gasteiger partial charge in [0.25, 0.3) is 0 Å². The Balaban J connectivity index is 1.73. The number of ether oxygens (including phenoxy) is 1. The Hall–Kier alpha value is -0.610. The van der Waals surface area contributed by atoms with Gasteiger partial charge in [-0.05, 0) is 18.3 Å². The second-order valence-corrected chi connectivity index (χ2v) is 4.53. The number of amides is 1. The van der Waals surface area contributed by atoms with E-state index in [0.717, 1.165) is 32.6 Å². The van der Waals surface area contributed by atoms with Crippen molar-refractivity contribution in [2.75, 3.05) is 39.4 Å². The molecule has 0 aliphatic carbocycles. The Morgan fingerprint density at radius 2 is 2.07 bits per heavy atom. The van der Waals surface area contributed by atoms with Crippen LogP contribution in [0.25, 0.3) is 0 Å². The smallest absolute Gasteiger partial charge is 0.248 e. The van der Waals surface area contributed by atoms with E-state index in [0.29, 0.717) is 18.4 Å². The molecule has 1 N–H and O–H groups in total. The molecule has 4 nitrogen and oxygen atoms in total. The van der Waals surface area contributed by atoms with E-state index in [-0.39, 0.29) is 12.5 Å². The molecule has 2 fully saturated rings. The Kier molecular flexibility index (Phi) is 3.59. The molecule has 86 valence electrons. The molecule has 2 rings (SSSR count). The lowest BCUT2D eigenvalue weighted by Gasteiger charge is -2.17. The van der Waals surface area contributed by atoms with E-state index in [4.69, 9.17) is 4.74 Å². The largest absolute Gasteiger partial charge is 0.372 e. The van der Waals surface area contributed by atoms with Gasteiger partial charge in [0.05, 0.1) is 0 Å². The minimum atomic E-state index is 0.165. The molecule has 2 atom stereocenters. The van der Waals surface area contributed by atoms with Crippen molar-refractivity contribution < 1.29 is 9.53 Å². The number of nitrogens with one attached hydrogen (secondary N) is 1. The van der Waals surface area contributed by atoms with Crippen LogP contribution in [0.4, 0.5) is 0 Å². The summed E-state index contributed by atoms with van der Waals surface area (Å²) in [4.78, 5) is 13.7. The van der Waals surface area contributed by atoms with Gasteiger partial charge in [0.1, 0.15) is 6.61 Å². The van der Waals surface area contributed by atoms with Gasteiger partial charge in [-0.1, -0.05) is 6.92 Å². The fourth-order valence-corrected chi connectivity index (χ4v) is 2.45. The molecule has 0 saturated carbocycles. The number of rotatable bonds is 4. The number of hydrogen-bond acceptors (Lipinski definition) is 3. The van der Waals surface area contributed by atoms with Gasteiger partial charge in [0, 0.05) is 32.8 Å². The molecular formula is C11H20N2O2. The number of fused-ring (bicyclic) bond motifs is 1. The van der Waals surface area contributed by atoms with Crippen LogP contribution >= 0.6 is 0 Å². The van der Waals surface area contributed by atoms with Crippen molar-refractivity contribution in [3.63, 3.8) is 0 Å². The van der Waals surface area contributed by atoms with Crippen LogP contribution in [-0.2, 0) is 9.53 Å². The van der Waals surface area contributed by atoms with Crippen LogP contribution in [0, 0.1) is 11.8 Å². The predicted molar refractivity (Wildman–Crippen MR) is 57.5 cm³/mol. The molecule has 2 aliphatic heterocycles. The van der Waals surface area contributed by atoms with Gasteiger partial charge >= 0.3 is 0 Å². The van der Waals surface area contributed by atoms with Gasteiger partial charge < -0.3 is 15.0 Å². The van der Waals surface area contributed by atoms with Crippen molar-refractivity contribution in [1.82, 2.24) is 10.2 Å². The maximum absolute atomic E-state index is 11.7. The highest BCUT2D eigenvalue weighted by Crippen LogP contribution is 2.26. The summed E-state index contributed by atoms with van der Waals surface area (Å²) in [5.41, 5.74) is 0. The minimum Gasteiger partial charge on any atom is -0.372 e. The van der Waals surface area contributed by atoms with E-state index in [1.165, 1.54) is 0 Å². The van der Waals surface area contributed by atoms with Gasteiger partial charge in [0.2, 0.25) is 5.91 Å². The lowest BCUT2D eigenvalue weighted by atomic mass is 10.0. The molecule has 0 aromatic carbocycles. The second kappa shape index (κ2) is 4.94. The van der Waals surface area contributed by atoms with Crippen LogP contribution < -0.4 is 5.32 Å². The van der Waals surface area contributed by atoms with E-state index in [1.54, 1.807) is 0 Å². The summed E-state index contributed by atoms with van der Waals surface area (Å²) < 4.78 is 5.27. The molecule has 4 heteroatoms. The zero-order chi connectivity index (χ0) is 10.7. The first-order valence-electron chi connectivity index (χ1n) is 5.87. The van der Waals surface area contributed by atoms with E-state index in [2.05, 4.69) is 12.2 Å². The standard InChI is InChI=1S/C11H20N2O2/c1-2-3-15-8-11(14)13-6-9-4-12-5-10(9)7-13/h9-10,12H,2-8H2,1H3/t9-,10+. The zero-order valence-corrected chi connectivity index (χ0v) is 9.37. The van der Waals surface area contributed by atoms with E-state index in [1.807, 2.05) is 4.90 Å². The Morgan fingerprint density at radius 3 is 2.67 bits per heavy atom. The molecule has 2 saturated heterocycles. The molecule has 0 unspecified atom stereocenters. The molecule has 0 aromatic rings. The van der Waals surface area contributed by atoms with E-state index >= 15 is 0 Å². The molecule has 0 bridgehead atoms. The molecule has 1 amide bonds. The molecular weight excluding hydrogens is 192 g/mol. The summed E-state index contributed by atoms with van der Waals surface area (Å²) in [5.74, 6) is 1.53. The van der Waals surface area contributed by atoms with Crippen LogP contribution in [0.2, 0.25) is 0 Å². The number of likely N-dealkylation sites (tertiary alicyclic amines) is 1. The van der Waals surface area contributed by atoms with Gasteiger partial charge in [-0.3, -0.25) is 4.79 Å². The first-order chi connectivity index (χ1) is 7.31. The second-order valence-electron chi connectivity index (χ2n) is 4.53. The summed E-state index contributed by atoms with van der Waals surface area (Å²) in [6.45, 7) is 7.00. The topological polar surface area (TPSA) is 41.6 Å². The predicted octanol–water partition coefficient (Wildman–Crippen LogP) is 0.0908. The summed E-state index contributed by atoms with van der Waals surface area (Å²) in [6, 6.07) is 0. The quantitative estimate of drug-likeness (QED) is 0.672. The van der Waals surface area contributed by atoms with Crippen LogP contribution in [0.1, 0.15) is 13.3 Å². The van der Waals surface area contributed by atoms with Crippen LogP contribution in [0.15, 0.2) is 0 Å². The van der Waals surface area contributed by atoms with Gasteiger partial charge in [-0.15, -0.1) is 0 Å². The number of carbonyl (C=O) groups excluding carboxylic acids is 1. The molecule has 0 spiro atoms.